The monoisotopic (exact) mass is 159 g/mol. The van der Waals surface area contributed by atoms with Crippen molar-refractivity contribution in [2.24, 2.45) is 0 Å². The van der Waals surface area contributed by atoms with Crippen molar-refractivity contribution >= 4 is 0 Å². The highest BCUT2D eigenvalue weighted by molar-refractivity contribution is 5.15. The number of nitrogens with zero attached hydrogens (tertiary/aromatic N) is 1. The molecule has 1 N–H and O–H groups in total. The Kier molecular flexibility index (Phi) is 2.88. The Morgan fingerprint density at radius 2 is 2.36 bits per heavy atom. The molecule has 0 bridgehead atoms. The Bertz CT molecular complexity index is 158. The van der Waals surface area contributed by atoms with Gasteiger partial charge in [-0.05, 0) is 18.9 Å². The van der Waals surface area contributed by atoms with Crippen LogP contribution in [0.15, 0.2) is 11.8 Å². The predicted octanol–water partition coefficient (Wildman–Crippen LogP) is 0.926. The fourth-order valence-corrected chi connectivity index (χ4v) is 1.62. The highest BCUT2D eigenvalue weighted by Crippen LogP contribution is 2.27. The van der Waals surface area contributed by atoms with Crippen LogP contribution >= 0.6 is 0 Å². The van der Waals surface area contributed by atoms with Crippen LogP contribution < -0.4 is 0 Å². The summed E-state index contributed by atoms with van der Waals surface area (Å²) in [5.74, 6) is 0. The minimum atomic E-state index is -0.680. The molecule has 0 aromatic rings. The van der Waals surface area contributed by atoms with Crippen LogP contribution in [0.3, 0.4) is 0 Å². The lowest BCUT2D eigenvalue weighted by Gasteiger charge is -2.11. The van der Waals surface area contributed by atoms with Crippen LogP contribution in [0.25, 0.3) is 0 Å². The summed E-state index contributed by atoms with van der Waals surface area (Å²) < 4.78 is 12.5. The van der Waals surface area contributed by atoms with Crippen molar-refractivity contribution < 1.29 is 9.50 Å². The second-order valence-corrected chi connectivity index (χ2v) is 2.72. The van der Waals surface area contributed by atoms with E-state index in [0.717, 1.165) is 20.1 Å². The number of aliphatic hydroxyl groups is 1. The van der Waals surface area contributed by atoms with E-state index in [2.05, 4.69) is 4.90 Å². The van der Waals surface area contributed by atoms with Gasteiger partial charge in [-0.15, -0.1) is 0 Å². The molecule has 2 rings (SSSR count). The van der Waals surface area contributed by atoms with Gasteiger partial charge >= 0.3 is 0 Å². The topological polar surface area (TPSA) is 23.5 Å². The summed E-state index contributed by atoms with van der Waals surface area (Å²) in [6.07, 6.45) is 3.40. The van der Waals surface area contributed by atoms with Crippen LogP contribution in [0.2, 0.25) is 0 Å². The summed E-state index contributed by atoms with van der Waals surface area (Å²) in [5.41, 5.74) is 1.24. The van der Waals surface area contributed by atoms with E-state index in [1.807, 2.05) is 0 Å². The van der Waals surface area contributed by atoms with E-state index in [1.54, 1.807) is 6.08 Å². The second kappa shape index (κ2) is 3.72. The molecule has 2 aliphatic heterocycles. The van der Waals surface area contributed by atoms with Crippen LogP contribution in [-0.4, -0.2) is 36.4 Å². The predicted molar refractivity (Wildman–Crippen MR) is 41.9 cm³/mol. The number of alkyl halides is 1. The average Bonchev–Trinajstić information content (AvgIpc) is 2.51. The van der Waals surface area contributed by atoms with Gasteiger partial charge in [0.2, 0.25) is 0 Å². The molecule has 2 aliphatic rings. The molecule has 0 aliphatic carbocycles. The van der Waals surface area contributed by atoms with E-state index in [0.29, 0.717) is 6.54 Å². The normalized spacial score (nSPS) is 27.4. The smallest absolute Gasteiger partial charge is 0.138 e. The number of hydrogen-bond donors (Lipinski definition) is 1. The molecule has 0 saturated carbocycles. The van der Waals surface area contributed by atoms with E-state index < -0.39 is 6.17 Å². The van der Waals surface area contributed by atoms with Crippen molar-refractivity contribution in [3.63, 3.8) is 0 Å². The molecule has 1 saturated heterocycles. The molecular weight excluding hydrogens is 145 g/mol. The molecule has 0 radical (unpaired) electrons. The highest BCUT2D eigenvalue weighted by atomic mass is 19.1. The SMILES string of the molecule is CO.F[C@@H]1C=C2CCCN2C1. The van der Waals surface area contributed by atoms with Gasteiger partial charge in [0.1, 0.15) is 6.17 Å². The largest absolute Gasteiger partial charge is 0.400 e. The lowest BCUT2D eigenvalue weighted by molar-refractivity contribution is 0.317. The summed E-state index contributed by atoms with van der Waals surface area (Å²) >= 11 is 0. The molecule has 0 aromatic carbocycles. The minimum Gasteiger partial charge on any atom is -0.400 e. The number of allylic oxidation sites excluding steroid dienone is 1. The average molecular weight is 159 g/mol. The molecule has 1 atom stereocenters. The molecule has 2 heterocycles. The van der Waals surface area contributed by atoms with Gasteiger partial charge in [0.05, 0.1) is 6.54 Å². The Balaban J connectivity index is 0.000000281. The number of halogens is 1. The number of fused-ring (bicyclic) bond motifs is 1. The van der Waals surface area contributed by atoms with Crippen molar-refractivity contribution in [2.45, 2.75) is 19.0 Å². The third-order valence-electron chi connectivity index (χ3n) is 2.04. The van der Waals surface area contributed by atoms with Crippen LogP contribution in [0.1, 0.15) is 12.8 Å². The van der Waals surface area contributed by atoms with Crippen LogP contribution in [0, 0.1) is 0 Å². The van der Waals surface area contributed by atoms with Crippen molar-refractivity contribution in [3.05, 3.63) is 11.8 Å². The van der Waals surface area contributed by atoms with Gasteiger partial charge in [0, 0.05) is 19.4 Å². The standard InChI is InChI=1S/C7H10FN.CH4O/c8-6-4-7-2-1-3-9(7)5-6;1-2/h4,6H,1-3,5H2;2H,1H3/t6-;/m1./s1. The first kappa shape index (κ1) is 8.53. The Morgan fingerprint density at radius 3 is 3.00 bits per heavy atom. The van der Waals surface area contributed by atoms with E-state index in [9.17, 15) is 4.39 Å². The first-order chi connectivity index (χ1) is 5.36. The van der Waals surface area contributed by atoms with Crippen LogP contribution in [0.4, 0.5) is 4.39 Å². The summed E-state index contributed by atoms with van der Waals surface area (Å²) in [5, 5.41) is 7.00. The maximum atomic E-state index is 12.5. The quantitative estimate of drug-likeness (QED) is 0.568. The fraction of sp³-hybridized carbons (Fsp3) is 0.750. The lowest BCUT2D eigenvalue weighted by Crippen LogP contribution is -2.17. The number of rotatable bonds is 0. The molecule has 2 nitrogen and oxygen atoms in total. The van der Waals surface area contributed by atoms with Gasteiger partial charge in [0.15, 0.2) is 0 Å². The zero-order chi connectivity index (χ0) is 8.27. The van der Waals surface area contributed by atoms with E-state index in [-0.39, 0.29) is 0 Å². The summed E-state index contributed by atoms with van der Waals surface area (Å²) in [6, 6.07) is 0. The minimum absolute atomic E-state index is 0.620. The first-order valence-corrected chi connectivity index (χ1v) is 3.91. The summed E-state index contributed by atoms with van der Waals surface area (Å²) in [4.78, 5) is 2.14. The maximum Gasteiger partial charge on any atom is 0.138 e. The Hall–Kier alpha value is -0.570. The van der Waals surface area contributed by atoms with Crippen molar-refractivity contribution in [3.8, 4) is 0 Å². The number of hydrogen-bond acceptors (Lipinski definition) is 2. The zero-order valence-electron chi connectivity index (χ0n) is 6.76. The molecular formula is C8H14FNO. The molecule has 0 amide bonds. The van der Waals surface area contributed by atoms with E-state index >= 15 is 0 Å². The summed E-state index contributed by atoms with van der Waals surface area (Å²) in [7, 11) is 1.00. The fourth-order valence-electron chi connectivity index (χ4n) is 1.62. The zero-order valence-corrected chi connectivity index (χ0v) is 6.76. The molecule has 0 spiro atoms. The first-order valence-electron chi connectivity index (χ1n) is 3.91. The van der Waals surface area contributed by atoms with Gasteiger partial charge in [0.25, 0.3) is 0 Å². The van der Waals surface area contributed by atoms with Gasteiger partial charge in [-0.25, -0.2) is 4.39 Å². The third kappa shape index (κ3) is 1.71. The molecule has 1 fully saturated rings. The molecule has 11 heavy (non-hydrogen) atoms. The van der Waals surface area contributed by atoms with Gasteiger partial charge < -0.3 is 10.0 Å². The van der Waals surface area contributed by atoms with Gasteiger partial charge in [-0.3, -0.25) is 0 Å². The second-order valence-electron chi connectivity index (χ2n) is 2.72. The van der Waals surface area contributed by atoms with Crippen molar-refractivity contribution in [1.82, 2.24) is 4.90 Å². The summed E-state index contributed by atoms with van der Waals surface area (Å²) in [6.45, 7) is 1.70. The maximum absolute atomic E-state index is 12.5. The van der Waals surface area contributed by atoms with Crippen LogP contribution in [-0.2, 0) is 0 Å². The van der Waals surface area contributed by atoms with Crippen LogP contribution in [0.5, 0.6) is 0 Å². The highest BCUT2D eigenvalue weighted by Gasteiger charge is 2.25. The Labute approximate surface area is 66.3 Å². The molecule has 64 valence electrons. The van der Waals surface area contributed by atoms with Crippen molar-refractivity contribution in [2.75, 3.05) is 20.2 Å². The van der Waals surface area contributed by atoms with E-state index in [4.69, 9.17) is 5.11 Å². The lowest BCUT2D eigenvalue weighted by atomic mass is 10.3. The van der Waals surface area contributed by atoms with E-state index in [1.165, 1.54) is 12.1 Å². The van der Waals surface area contributed by atoms with Gasteiger partial charge in [-0.1, -0.05) is 0 Å². The van der Waals surface area contributed by atoms with Crippen molar-refractivity contribution in [1.29, 1.82) is 0 Å². The molecule has 0 unspecified atom stereocenters. The third-order valence-corrected chi connectivity index (χ3v) is 2.04. The molecule has 3 heteroatoms. The Morgan fingerprint density at radius 1 is 1.64 bits per heavy atom. The number of aliphatic hydroxyl groups excluding tert-OH is 1. The molecule has 0 aromatic heterocycles. The van der Waals surface area contributed by atoms with Gasteiger partial charge in [-0.2, -0.15) is 0 Å².